The summed E-state index contributed by atoms with van der Waals surface area (Å²) >= 11 is 0. The number of hydrogen-bond donors (Lipinski definition) is 1. The second kappa shape index (κ2) is 7.97. The third kappa shape index (κ3) is 4.16. The van der Waals surface area contributed by atoms with Gasteiger partial charge in [-0.15, -0.1) is 0 Å². The molecule has 0 amide bonds. The number of pyridine rings is 1. The summed E-state index contributed by atoms with van der Waals surface area (Å²) in [7, 11) is 0. The van der Waals surface area contributed by atoms with Crippen molar-refractivity contribution in [3.63, 3.8) is 0 Å². The van der Waals surface area contributed by atoms with Crippen molar-refractivity contribution in [2.75, 3.05) is 0 Å². The average molecular weight is 392 g/mol. The molecule has 0 saturated carbocycles. The van der Waals surface area contributed by atoms with Gasteiger partial charge < -0.3 is 4.74 Å². The SMILES string of the molecule is O=c1[nH]n(Cc2ccc(OCc3ccc(F)cc3)cc2)c(=O)n1-c1ccncc1. The van der Waals surface area contributed by atoms with Gasteiger partial charge in [-0.3, -0.25) is 4.98 Å². The lowest BCUT2D eigenvalue weighted by atomic mass is 10.2. The van der Waals surface area contributed by atoms with Crippen LogP contribution in [-0.2, 0) is 13.2 Å². The van der Waals surface area contributed by atoms with Gasteiger partial charge >= 0.3 is 11.4 Å². The number of rotatable bonds is 6. The first-order valence-electron chi connectivity index (χ1n) is 8.88. The second-order valence-electron chi connectivity index (χ2n) is 6.39. The zero-order valence-electron chi connectivity index (χ0n) is 15.3. The van der Waals surface area contributed by atoms with Gasteiger partial charge in [-0.2, -0.15) is 0 Å². The van der Waals surface area contributed by atoms with E-state index in [1.54, 1.807) is 36.4 Å². The third-order valence-corrected chi connectivity index (χ3v) is 4.36. The monoisotopic (exact) mass is 392 g/mol. The average Bonchev–Trinajstić information content (AvgIpc) is 3.02. The molecule has 0 spiro atoms. The van der Waals surface area contributed by atoms with Crippen molar-refractivity contribution in [1.29, 1.82) is 0 Å². The Hall–Kier alpha value is -3.94. The third-order valence-electron chi connectivity index (χ3n) is 4.36. The summed E-state index contributed by atoms with van der Waals surface area (Å²) in [6.07, 6.45) is 3.03. The molecule has 0 saturated heterocycles. The van der Waals surface area contributed by atoms with Crippen LogP contribution in [0.1, 0.15) is 11.1 Å². The number of nitrogens with zero attached hydrogens (tertiary/aromatic N) is 3. The van der Waals surface area contributed by atoms with Crippen LogP contribution in [0.25, 0.3) is 5.69 Å². The summed E-state index contributed by atoms with van der Waals surface area (Å²) in [6.45, 7) is 0.533. The van der Waals surface area contributed by atoms with E-state index in [1.807, 2.05) is 12.1 Å². The van der Waals surface area contributed by atoms with Crippen molar-refractivity contribution in [2.24, 2.45) is 0 Å². The lowest BCUT2D eigenvalue weighted by molar-refractivity contribution is 0.306. The van der Waals surface area contributed by atoms with E-state index in [0.717, 1.165) is 15.7 Å². The molecule has 29 heavy (non-hydrogen) atoms. The molecule has 0 bridgehead atoms. The van der Waals surface area contributed by atoms with E-state index in [1.165, 1.54) is 29.2 Å². The molecule has 146 valence electrons. The smallest absolute Gasteiger partial charge is 0.351 e. The maximum Gasteiger partial charge on any atom is 0.351 e. The van der Waals surface area contributed by atoms with Crippen LogP contribution in [-0.4, -0.2) is 19.3 Å². The number of hydrogen-bond acceptors (Lipinski definition) is 4. The van der Waals surface area contributed by atoms with Gasteiger partial charge in [0.2, 0.25) is 0 Å². The van der Waals surface area contributed by atoms with E-state index in [0.29, 0.717) is 18.0 Å². The predicted molar refractivity (Wildman–Crippen MR) is 105 cm³/mol. The minimum atomic E-state index is -0.513. The highest BCUT2D eigenvalue weighted by Gasteiger charge is 2.11. The van der Waals surface area contributed by atoms with Crippen LogP contribution in [0.15, 0.2) is 82.6 Å². The molecule has 0 aliphatic carbocycles. The minimum Gasteiger partial charge on any atom is -0.489 e. The lowest BCUT2D eigenvalue weighted by Gasteiger charge is -2.07. The topological polar surface area (TPSA) is 81.9 Å². The van der Waals surface area contributed by atoms with E-state index in [4.69, 9.17) is 4.74 Å². The second-order valence-corrected chi connectivity index (χ2v) is 6.39. The number of nitrogens with one attached hydrogen (secondary N) is 1. The molecule has 7 nitrogen and oxygen atoms in total. The minimum absolute atomic E-state index is 0.213. The maximum absolute atomic E-state index is 12.9. The first-order valence-corrected chi connectivity index (χ1v) is 8.88. The van der Waals surface area contributed by atoms with Gasteiger partial charge in [0.05, 0.1) is 12.2 Å². The Labute approximate surface area is 164 Å². The Bertz CT molecular complexity index is 1210. The van der Waals surface area contributed by atoms with E-state index in [9.17, 15) is 14.0 Å². The van der Waals surface area contributed by atoms with E-state index < -0.39 is 11.4 Å². The van der Waals surface area contributed by atoms with Crippen LogP contribution in [0.4, 0.5) is 4.39 Å². The molecule has 0 fully saturated rings. The standard InChI is InChI=1S/C21H17FN4O3/c22-17-5-1-16(2-6-17)14-29-19-7-3-15(4-8-19)13-25-21(28)26(20(27)24-25)18-9-11-23-12-10-18/h1-12H,13-14H2,(H,24,27). The van der Waals surface area contributed by atoms with Crippen molar-refractivity contribution in [2.45, 2.75) is 13.2 Å². The molecular formula is C21H17FN4O3. The summed E-state index contributed by atoms with van der Waals surface area (Å²) in [5.41, 5.74) is 1.16. The molecule has 1 N–H and O–H groups in total. The Morgan fingerprint density at radius 1 is 0.897 bits per heavy atom. The van der Waals surface area contributed by atoms with Crippen molar-refractivity contribution < 1.29 is 9.13 Å². The van der Waals surface area contributed by atoms with Crippen LogP contribution in [0.3, 0.4) is 0 Å². The zero-order chi connectivity index (χ0) is 20.2. The van der Waals surface area contributed by atoms with Gasteiger partial charge in [-0.1, -0.05) is 24.3 Å². The number of aromatic nitrogens is 4. The molecule has 4 rings (SSSR count). The van der Waals surface area contributed by atoms with Crippen LogP contribution in [0.2, 0.25) is 0 Å². The van der Waals surface area contributed by atoms with Crippen LogP contribution in [0.5, 0.6) is 5.75 Å². The number of H-pyrrole nitrogens is 1. The highest BCUT2D eigenvalue weighted by Crippen LogP contribution is 2.15. The van der Waals surface area contributed by atoms with Crippen LogP contribution in [0, 0.1) is 5.82 Å². The van der Waals surface area contributed by atoms with E-state index >= 15 is 0 Å². The van der Waals surface area contributed by atoms with Crippen molar-refractivity contribution >= 4 is 0 Å². The molecule has 4 aromatic rings. The first-order chi connectivity index (χ1) is 14.1. The highest BCUT2D eigenvalue weighted by atomic mass is 19.1. The predicted octanol–water partition coefficient (Wildman–Crippen LogP) is 2.49. The van der Waals surface area contributed by atoms with Crippen molar-refractivity contribution in [3.8, 4) is 11.4 Å². The Balaban J connectivity index is 1.46. The van der Waals surface area contributed by atoms with Gasteiger partial charge in [0.1, 0.15) is 18.2 Å². The number of ether oxygens (including phenoxy) is 1. The molecule has 8 heteroatoms. The molecule has 2 aromatic carbocycles. The lowest BCUT2D eigenvalue weighted by Crippen LogP contribution is -2.27. The molecule has 0 unspecified atom stereocenters. The molecule has 0 radical (unpaired) electrons. The largest absolute Gasteiger partial charge is 0.489 e. The highest BCUT2D eigenvalue weighted by molar-refractivity contribution is 5.29. The van der Waals surface area contributed by atoms with E-state index in [-0.39, 0.29) is 12.4 Å². The van der Waals surface area contributed by atoms with Gasteiger partial charge in [0.25, 0.3) is 0 Å². The summed E-state index contributed by atoms with van der Waals surface area (Å²) in [4.78, 5) is 28.6. The van der Waals surface area contributed by atoms with Crippen LogP contribution < -0.4 is 16.1 Å². The quantitative estimate of drug-likeness (QED) is 0.547. The van der Waals surface area contributed by atoms with Crippen molar-refractivity contribution in [3.05, 3.63) is 111 Å². The fourth-order valence-electron chi connectivity index (χ4n) is 2.87. The zero-order valence-corrected chi connectivity index (χ0v) is 15.3. The van der Waals surface area contributed by atoms with Gasteiger partial charge in [-0.25, -0.2) is 28.3 Å². The molecular weight excluding hydrogens is 375 g/mol. The first kappa shape index (κ1) is 18.4. The summed E-state index contributed by atoms with van der Waals surface area (Å²) < 4.78 is 20.9. The Kier molecular flexibility index (Phi) is 5.07. The summed E-state index contributed by atoms with van der Waals surface area (Å²) in [5, 5.41) is 2.56. The van der Waals surface area contributed by atoms with Gasteiger partial charge in [0, 0.05) is 12.4 Å². The summed E-state index contributed by atoms with van der Waals surface area (Å²) in [6, 6.07) is 16.5. The molecule has 2 aromatic heterocycles. The van der Waals surface area contributed by atoms with E-state index in [2.05, 4.69) is 10.1 Å². The van der Waals surface area contributed by atoms with Crippen LogP contribution >= 0.6 is 0 Å². The molecule has 0 aliphatic rings. The Morgan fingerprint density at radius 2 is 1.55 bits per heavy atom. The molecule has 0 aliphatic heterocycles. The number of aromatic amines is 1. The fraction of sp³-hybridized carbons (Fsp3) is 0.0952. The Morgan fingerprint density at radius 3 is 2.24 bits per heavy atom. The number of halogens is 1. The van der Waals surface area contributed by atoms with Gasteiger partial charge in [-0.05, 0) is 47.5 Å². The van der Waals surface area contributed by atoms with Crippen molar-refractivity contribution in [1.82, 2.24) is 19.3 Å². The molecule has 0 atom stereocenters. The normalized spacial score (nSPS) is 10.8. The fourth-order valence-corrected chi connectivity index (χ4v) is 2.87. The molecule has 2 heterocycles. The maximum atomic E-state index is 12.9. The number of benzene rings is 2. The summed E-state index contributed by atoms with van der Waals surface area (Å²) in [5.74, 6) is 0.359. The van der Waals surface area contributed by atoms with Gasteiger partial charge in [0.15, 0.2) is 0 Å².